The molecule has 0 saturated carbocycles. The normalized spacial score (nSPS) is 20.1. The Balaban J connectivity index is 2.02. The summed E-state index contributed by atoms with van der Waals surface area (Å²) in [7, 11) is 2.20. The molecule has 0 aliphatic carbocycles. The van der Waals surface area contributed by atoms with Gasteiger partial charge in [0, 0.05) is 53.0 Å². The summed E-state index contributed by atoms with van der Waals surface area (Å²) in [6.07, 6.45) is 1.98. The number of H-pyrrole nitrogens is 1. The number of nitrogens with zero attached hydrogens (tertiary/aromatic N) is 2. The molecule has 1 aliphatic heterocycles. The maximum absolute atomic E-state index is 6.24. The predicted octanol–water partition coefficient (Wildman–Crippen LogP) is 3.35. The van der Waals surface area contributed by atoms with Gasteiger partial charge in [-0.15, -0.1) is 0 Å². The molecule has 1 aromatic carbocycles. The molecule has 1 aromatic heterocycles. The zero-order valence-corrected chi connectivity index (χ0v) is 12.5. The van der Waals surface area contributed by atoms with E-state index in [1.165, 1.54) is 11.1 Å². The molecule has 3 rings (SSSR count). The molecule has 0 unspecified atom stereocenters. The summed E-state index contributed by atoms with van der Waals surface area (Å²) in [5.74, 6) is 0. The minimum atomic E-state index is 0.184. The van der Waals surface area contributed by atoms with Crippen LogP contribution in [0, 0.1) is 0 Å². The molecule has 19 heavy (non-hydrogen) atoms. The number of fused-ring (bicyclic) bond motifs is 1. The summed E-state index contributed by atoms with van der Waals surface area (Å²) in [5.41, 5.74) is 2.53. The molecule has 1 fully saturated rings. The third-order valence-corrected chi connectivity index (χ3v) is 4.49. The van der Waals surface area contributed by atoms with Crippen molar-refractivity contribution in [1.29, 1.82) is 0 Å². The topological polar surface area (TPSA) is 22.3 Å². The van der Waals surface area contributed by atoms with E-state index in [2.05, 4.69) is 47.8 Å². The number of aromatic amines is 1. The lowest BCUT2D eigenvalue weighted by Gasteiger charge is -2.46. The Morgan fingerprint density at radius 1 is 1.26 bits per heavy atom. The van der Waals surface area contributed by atoms with Crippen LogP contribution in [0.3, 0.4) is 0 Å². The van der Waals surface area contributed by atoms with E-state index in [0.29, 0.717) is 0 Å². The standard InChI is InChI=1S/C15H20ClN3/c1-15(2)10-19(7-6-18(15)3)14-9-11(16)8-13-12(14)4-5-17-13/h4-5,8-9,17H,6-7,10H2,1-3H3. The Labute approximate surface area is 119 Å². The van der Waals surface area contributed by atoms with Crippen molar-refractivity contribution >= 4 is 28.2 Å². The number of hydrogen-bond donors (Lipinski definition) is 1. The number of anilines is 1. The van der Waals surface area contributed by atoms with Crippen LogP contribution in [-0.4, -0.2) is 42.1 Å². The van der Waals surface area contributed by atoms with Gasteiger partial charge in [0.25, 0.3) is 0 Å². The highest BCUT2D eigenvalue weighted by atomic mass is 35.5. The van der Waals surface area contributed by atoms with E-state index in [0.717, 1.165) is 30.2 Å². The molecule has 1 saturated heterocycles. The van der Waals surface area contributed by atoms with Gasteiger partial charge >= 0.3 is 0 Å². The monoisotopic (exact) mass is 277 g/mol. The lowest BCUT2D eigenvalue weighted by Crippen LogP contribution is -2.57. The van der Waals surface area contributed by atoms with E-state index in [9.17, 15) is 0 Å². The summed E-state index contributed by atoms with van der Waals surface area (Å²) in [6, 6.07) is 6.20. The maximum Gasteiger partial charge on any atom is 0.0489 e. The molecular formula is C15H20ClN3. The van der Waals surface area contributed by atoms with Gasteiger partial charge in [-0.2, -0.15) is 0 Å². The van der Waals surface area contributed by atoms with Gasteiger partial charge in [-0.05, 0) is 39.1 Å². The number of piperazine rings is 1. The first-order valence-electron chi connectivity index (χ1n) is 6.70. The molecule has 4 heteroatoms. The molecule has 3 nitrogen and oxygen atoms in total. The highest BCUT2D eigenvalue weighted by Gasteiger charge is 2.31. The molecule has 2 heterocycles. The summed E-state index contributed by atoms with van der Waals surface area (Å²) in [4.78, 5) is 8.11. The summed E-state index contributed by atoms with van der Waals surface area (Å²) >= 11 is 6.24. The van der Waals surface area contributed by atoms with Crippen LogP contribution in [0.4, 0.5) is 5.69 Å². The quantitative estimate of drug-likeness (QED) is 0.864. The van der Waals surface area contributed by atoms with Crippen LogP contribution in [0.1, 0.15) is 13.8 Å². The largest absolute Gasteiger partial charge is 0.368 e. The fourth-order valence-corrected chi connectivity index (χ4v) is 3.03. The van der Waals surface area contributed by atoms with Crippen LogP contribution in [0.2, 0.25) is 5.02 Å². The van der Waals surface area contributed by atoms with Crippen LogP contribution >= 0.6 is 11.6 Å². The smallest absolute Gasteiger partial charge is 0.0489 e. The Morgan fingerprint density at radius 2 is 2.05 bits per heavy atom. The fourth-order valence-electron chi connectivity index (χ4n) is 2.82. The summed E-state index contributed by atoms with van der Waals surface area (Å²) in [6.45, 7) is 7.71. The van der Waals surface area contributed by atoms with Gasteiger partial charge in [-0.3, -0.25) is 4.90 Å². The van der Waals surface area contributed by atoms with Crippen molar-refractivity contribution in [3.05, 3.63) is 29.4 Å². The van der Waals surface area contributed by atoms with Gasteiger partial charge < -0.3 is 9.88 Å². The summed E-state index contributed by atoms with van der Waals surface area (Å²) in [5, 5.41) is 2.05. The lowest BCUT2D eigenvalue weighted by atomic mass is 9.99. The van der Waals surface area contributed by atoms with Crippen molar-refractivity contribution in [2.24, 2.45) is 0 Å². The van der Waals surface area contributed by atoms with Gasteiger partial charge in [0.15, 0.2) is 0 Å². The van der Waals surface area contributed by atoms with Crippen LogP contribution in [0.5, 0.6) is 0 Å². The first kappa shape index (κ1) is 12.8. The Hall–Kier alpha value is -1.19. The number of aromatic nitrogens is 1. The second kappa shape index (κ2) is 4.43. The molecular weight excluding hydrogens is 258 g/mol. The minimum Gasteiger partial charge on any atom is -0.368 e. The van der Waals surface area contributed by atoms with E-state index in [-0.39, 0.29) is 5.54 Å². The van der Waals surface area contributed by atoms with Crippen molar-refractivity contribution in [1.82, 2.24) is 9.88 Å². The van der Waals surface area contributed by atoms with Gasteiger partial charge in [0.1, 0.15) is 0 Å². The second-order valence-corrected chi connectivity index (χ2v) is 6.46. The Morgan fingerprint density at radius 3 is 2.79 bits per heavy atom. The lowest BCUT2D eigenvalue weighted by molar-refractivity contribution is 0.139. The van der Waals surface area contributed by atoms with Crippen LogP contribution in [0.25, 0.3) is 10.9 Å². The van der Waals surface area contributed by atoms with Crippen molar-refractivity contribution in [3.8, 4) is 0 Å². The zero-order valence-electron chi connectivity index (χ0n) is 11.7. The average Bonchev–Trinajstić information content (AvgIpc) is 2.79. The molecule has 2 aromatic rings. The molecule has 0 amide bonds. The number of likely N-dealkylation sites (N-methyl/N-ethyl adjacent to an activating group) is 1. The van der Waals surface area contributed by atoms with Crippen LogP contribution in [-0.2, 0) is 0 Å². The van der Waals surface area contributed by atoms with Gasteiger partial charge in [0.2, 0.25) is 0 Å². The minimum absolute atomic E-state index is 0.184. The van der Waals surface area contributed by atoms with E-state index in [1.807, 2.05) is 12.3 Å². The predicted molar refractivity (Wildman–Crippen MR) is 82.2 cm³/mol. The molecule has 0 atom stereocenters. The first-order chi connectivity index (χ1) is 8.97. The van der Waals surface area contributed by atoms with Crippen LogP contribution in [0.15, 0.2) is 24.4 Å². The molecule has 0 radical (unpaired) electrons. The highest BCUT2D eigenvalue weighted by molar-refractivity contribution is 6.31. The maximum atomic E-state index is 6.24. The average molecular weight is 278 g/mol. The molecule has 0 spiro atoms. The molecule has 0 bridgehead atoms. The number of hydrogen-bond acceptors (Lipinski definition) is 2. The van der Waals surface area contributed by atoms with Crippen molar-refractivity contribution in [2.75, 3.05) is 31.6 Å². The van der Waals surface area contributed by atoms with Gasteiger partial charge in [-0.1, -0.05) is 11.6 Å². The SMILES string of the molecule is CN1CCN(c2cc(Cl)cc3[nH]ccc23)CC1(C)C. The fraction of sp³-hybridized carbons (Fsp3) is 0.467. The number of rotatable bonds is 1. The van der Waals surface area contributed by atoms with E-state index < -0.39 is 0 Å². The van der Waals surface area contributed by atoms with Crippen molar-refractivity contribution in [2.45, 2.75) is 19.4 Å². The Kier molecular flexibility index (Phi) is 2.99. The van der Waals surface area contributed by atoms with E-state index >= 15 is 0 Å². The Bertz CT molecular complexity index is 602. The molecule has 102 valence electrons. The van der Waals surface area contributed by atoms with Crippen molar-refractivity contribution < 1.29 is 0 Å². The summed E-state index contributed by atoms with van der Waals surface area (Å²) < 4.78 is 0. The third-order valence-electron chi connectivity index (χ3n) is 4.27. The second-order valence-electron chi connectivity index (χ2n) is 6.02. The zero-order chi connectivity index (χ0) is 13.6. The molecule has 1 aliphatic rings. The van der Waals surface area contributed by atoms with Gasteiger partial charge in [0.05, 0.1) is 0 Å². The van der Waals surface area contributed by atoms with Gasteiger partial charge in [-0.25, -0.2) is 0 Å². The van der Waals surface area contributed by atoms with E-state index in [1.54, 1.807) is 0 Å². The molecule has 1 N–H and O–H groups in total. The van der Waals surface area contributed by atoms with Crippen molar-refractivity contribution in [3.63, 3.8) is 0 Å². The number of halogens is 1. The van der Waals surface area contributed by atoms with E-state index in [4.69, 9.17) is 11.6 Å². The number of benzene rings is 1. The first-order valence-corrected chi connectivity index (χ1v) is 7.08. The number of nitrogens with one attached hydrogen (secondary N) is 1. The highest BCUT2D eigenvalue weighted by Crippen LogP contribution is 2.33. The third kappa shape index (κ3) is 2.21. The van der Waals surface area contributed by atoms with Crippen LogP contribution < -0.4 is 4.90 Å².